The third-order valence-corrected chi connectivity index (χ3v) is 8.79. The Bertz CT molecular complexity index is 2090. The molecule has 0 fully saturated rings. The third-order valence-electron chi connectivity index (χ3n) is 8.79. The zero-order valence-corrected chi connectivity index (χ0v) is 26.3. The van der Waals surface area contributed by atoms with Gasteiger partial charge in [-0.25, -0.2) is 4.79 Å². The maximum atomic E-state index is 13.5. The van der Waals surface area contributed by atoms with E-state index >= 15 is 0 Å². The Morgan fingerprint density at radius 1 is 0.608 bits per heavy atom. The molecule has 0 spiro atoms. The van der Waals surface area contributed by atoms with Crippen LogP contribution in [0.25, 0.3) is 11.1 Å². The van der Waals surface area contributed by atoms with Crippen LogP contribution < -0.4 is 0 Å². The van der Waals surface area contributed by atoms with Crippen LogP contribution in [0.2, 0.25) is 0 Å². The van der Waals surface area contributed by atoms with Gasteiger partial charge < -0.3 is 74.7 Å². The smallest absolute Gasteiger partial charge is 0.377 e. The van der Waals surface area contributed by atoms with Crippen molar-refractivity contribution in [3.05, 3.63) is 81.3 Å². The first kappa shape index (κ1) is 33.1. The average Bonchev–Trinajstić information content (AvgIpc) is 3.49. The number of esters is 1. The van der Waals surface area contributed by atoms with Gasteiger partial charge in [-0.1, -0.05) is 0 Å². The largest absolute Gasteiger partial charge is 0.504 e. The number of hydrogen-bond donors (Lipinski definition) is 10. The van der Waals surface area contributed by atoms with Gasteiger partial charge in [-0.3, -0.25) is 0 Å². The maximum absolute atomic E-state index is 13.5. The fourth-order valence-corrected chi connectivity index (χ4v) is 6.42. The first-order valence-corrected chi connectivity index (χ1v) is 15.3. The van der Waals surface area contributed by atoms with Gasteiger partial charge in [0.1, 0.15) is 13.2 Å². The molecule has 3 aliphatic rings. The van der Waals surface area contributed by atoms with E-state index in [1.165, 1.54) is 12.1 Å². The zero-order chi connectivity index (χ0) is 36.3. The van der Waals surface area contributed by atoms with Crippen LogP contribution in [0, 0.1) is 0 Å². The molecule has 7 rings (SSSR count). The monoisotopic (exact) mass is 706 g/mol. The quantitative estimate of drug-likeness (QED) is 0.0896. The summed E-state index contributed by atoms with van der Waals surface area (Å²) in [5.74, 6) is -7.67. The van der Waals surface area contributed by atoms with Gasteiger partial charge >= 0.3 is 5.97 Å². The van der Waals surface area contributed by atoms with E-state index in [1.54, 1.807) is 0 Å². The van der Waals surface area contributed by atoms with Gasteiger partial charge in [-0.2, -0.15) is 0 Å². The van der Waals surface area contributed by atoms with Crippen molar-refractivity contribution in [1.82, 2.24) is 0 Å². The molecule has 4 aromatic rings. The summed E-state index contributed by atoms with van der Waals surface area (Å²) in [6, 6.07) is 6.98. The molecule has 0 bridgehead atoms. The molecule has 0 aromatic heterocycles. The van der Waals surface area contributed by atoms with E-state index in [4.69, 9.17) is 23.7 Å². The fraction of sp³-hybridized carbons (Fsp3) is 0.229. The Morgan fingerprint density at radius 3 is 1.61 bits per heavy atom. The van der Waals surface area contributed by atoms with Gasteiger partial charge in [0, 0.05) is 17.5 Å². The summed E-state index contributed by atoms with van der Waals surface area (Å²) in [6.45, 7) is -1.66. The molecule has 0 amide bonds. The lowest BCUT2D eigenvalue weighted by Crippen LogP contribution is -2.44. The molecule has 2 aliphatic heterocycles. The van der Waals surface area contributed by atoms with Crippen LogP contribution in [0.15, 0.2) is 47.9 Å². The maximum Gasteiger partial charge on any atom is 0.377 e. The van der Waals surface area contributed by atoms with Gasteiger partial charge in [-0.15, -0.1) is 0 Å². The molecular formula is C35H30O16. The molecule has 16 heteroatoms. The number of rotatable bonds is 6. The molecule has 2 heterocycles. The number of fused-ring (bicyclic) bond motifs is 1. The van der Waals surface area contributed by atoms with Gasteiger partial charge in [0.2, 0.25) is 5.76 Å². The summed E-state index contributed by atoms with van der Waals surface area (Å²) in [5, 5.41) is 102. The number of ether oxygens (including phenoxy) is 5. The lowest BCUT2D eigenvalue weighted by atomic mass is 9.94. The van der Waals surface area contributed by atoms with E-state index in [9.17, 15) is 55.9 Å². The van der Waals surface area contributed by atoms with Crippen molar-refractivity contribution in [1.29, 1.82) is 0 Å². The van der Waals surface area contributed by atoms with Crippen LogP contribution in [-0.2, 0) is 61.3 Å². The number of phenolic OH excluding ortho intramolecular Hbond substituents is 10. The van der Waals surface area contributed by atoms with Gasteiger partial charge in [-0.05, 0) is 69.8 Å². The third kappa shape index (κ3) is 5.75. The van der Waals surface area contributed by atoms with Crippen molar-refractivity contribution in [3.63, 3.8) is 0 Å². The standard InChI is InChI=1S/C35H30O16/c36-19-1-13(2-20(37)30(19)44)8-48-33-32-25(51-35(46)34(33)49-9-14-3-21(38)31(45)22(39)4-14)12-47-10-15-5-23(40)28(42)17-7-18-27(26(15)17)16(11-50-32)6-24(41)29(18)43/h1-6,25,32,36-45H,7-12H2. The van der Waals surface area contributed by atoms with Gasteiger partial charge in [0.25, 0.3) is 0 Å². The lowest BCUT2D eigenvalue weighted by molar-refractivity contribution is -0.173. The second-order valence-electron chi connectivity index (χ2n) is 12.1. The summed E-state index contributed by atoms with van der Waals surface area (Å²) in [7, 11) is 0. The highest BCUT2D eigenvalue weighted by Gasteiger charge is 2.43. The van der Waals surface area contributed by atoms with Crippen molar-refractivity contribution in [3.8, 4) is 68.6 Å². The Balaban J connectivity index is 1.30. The van der Waals surface area contributed by atoms with Crippen molar-refractivity contribution in [2.75, 3.05) is 6.61 Å². The predicted molar refractivity (Wildman–Crippen MR) is 169 cm³/mol. The van der Waals surface area contributed by atoms with Crippen LogP contribution in [0.3, 0.4) is 0 Å². The normalized spacial score (nSPS) is 18.0. The minimum atomic E-state index is -1.30. The summed E-state index contributed by atoms with van der Waals surface area (Å²) >= 11 is 0. The first-order chi connectivity index (χ1) is 24.3. The number of aromatic hydroxyl groups is 10. The van der Waals surface area contributed by atoms with Crippen molar-refractivity contribution in [2.45, 2.75) is 45.1 Å². The number of benzene rings is 4. The Morgan fingerprint density at radius 2 is 1.08 bits per heavy atom. The highest BCUT2D eigenvalue weighted by atomic mass is 16.6. The summed E-state index contributed by atoms with van der Waals surface area (Å²) in [6.07, 6.45) is -2.53. The van der Waals surface area contributed by atoms with Gasteiger partial charge in [0.15, 0.2) is 75.5 Å². The topological polar surface area (TPSA) is 266 Å². The summed E-state index contributed by atoms with van der Waals surface area (Å²) < 4.78 is 29.8. The van der Waals surface area contributed by atoms with Crippen LogP contribution in [0.4, 0.5) is 0 Å². The van der Waals surface area contributed by atoms with Crippen molar-refractivity contribution in [2.24, 2.45) is 0 Å². The Labute approximate surface area is 287 Å². The van der Waals surface area contributed by atoms with E-state index in [2.05, 4.69) is 0 Å². The number of hydrogen-bond acceptors (Lipinski definition) is 16. The lowest BCUT2D eigenvalue weighted by Gasteiger charge is -2.33. The molecule has 1 aliphatic carbocycles. The second kappa shape index (κ2) is 12.5. The van der Waals surface area contributed by atoms with Crippen molar-refractivity contribution >= 4 is 5.97 Å². The molecule has 0 saturated heterocycles. The Kier molecular flexibility index (Phi) is 8.11. The zero-order valence-electron chi connectivity index (χ0n) is 26.3. The predicted octanol–water partition coefficient (Wildman–Crippen LogP) is 3.30. The number of carbonyl (C=O) groups is 1. The molecule has 16 nitrogen and oxygen atoms in total. The Hall–Kier alpha value is -6.39. The van der Waals surface area contributed by atoms with Gasteiger partial charge in [0.05, 0.1) is 19.8 Å². The van der Waals surface area contributed by atoms with Crippen LogP contribution in [0.5, 0.6) is 57.5 Å². The molecule has 2 atom stereocenters. The number of carbonyl (C=O) groups excluding carboxylic acids is 1. The highest BCUT2D eigenvalue weighted by Crippen LogP contribution is 2.53. The van der Waals surface area contributed by atoms with Crippen LogP contribution in [-0.4, -0.2) is 75.8 Å². The number of phenols is 10. The fourth-order valence-electron chi connectivity index (χ4n) is 6.42. The average molecular weight is 707 g/mol. The molecule has 51 heavy (non-hydrogen) atoms. The SMILES string of the molecule is O=C1OC2COCc3cc(O)c(O)c4c3-c3c(cc(O)c(O)c3C4)COC2C(OCc2cc(O)c(O)c(O)c2)=C1OCc1cc(O)c(O)c(O)c1. The van der Waals surface area contributed by atoms with E-state index in [1.807, 2.05) is 0 Å². The van der Waals surface area contributed by atoms with Crippen LogP contribution >= 0.6 is 0 Å². The van der Waals surface area contributed by atoms with Crippen LogP contribution in [0.1, 0.15) is 33.4 Å². The van der Waals surface area contributed by atoms with E-state index in [-0.39, 0.29) is 48.7 Å². The minimum absolute atomic E-state index is 0.0320. The second-order valence-corrected chi connectivity index (χ2v) is 12.1. The molecule has 266 valence electrons. The minimum Gasteiger partial charge on any atom is -0.504 e. The highest BCUT2D eigenvalue weighted by molar-refractivity contribution is 5.89. The molecular weight excluding hydrogens is 676 g/mol. The molecule has 10 N–H and O–H groups in total. The first-order valence-electron chi connectivity index (χ1n) is 15.3. The van der Waals surface area contributed by atoms with E-state index < -0.39 is 94.6 Å². The van der Waals surface area contributed by atoms with Crippen molar-refractivity contribution < 1.29 is 79.5 Å². The molecule has 0 radical (unpaired) electrons. The summed E-state index contributed by atoms with van der Waals surface area (Å²) in [4.78, 5) is 13.5. The molecule has 2 unspecified atom stereocenters. The molecule has 0 saturated carbocycles. The summed E-state index contributed by atoms with van der Waals surface area (Å²) in [5.41, 5.74) is 2.47. The van der Waals surface area contributed by atoms with E-state index in [0.29, 0.717) is 27.8 Å². The molecule has 4 aromatic carbocycles. The van der Waals surface area contributed by atoms with E-state index in [0.717, 1.165) is 24.3 Å².